The molecule has 0 aliphatic carbocycles. The highest BCUT2D eigenvalue weighted by Gasteiger charge is 2.29. The Balaban J connectivity index is 2.61. The summed E-state index contributed by atoms with van der Waals surface area (Å²) in [7, 11) is 0. The molecule has 1 aliphatic rings. The van der Waals surface area contributed by atoms with Gasteiger partial charge >= 0.3 is 0 Å². The number of alkyl halides is 1. The summed E-state index contributed by atoms with van der Waals surface area (Å²) in [5.41, 5.74) is 0. The lowest BCUT2D eigenvalue weighted by molar-refractivity contribution is -0.204. The fourth-order valence-corrected chi connectivity index (χ4v) is 3.77. The number of nitrogens with zero attached hydrogens (tertiary/aromatic N) is 1. The first-order chi connectivity index (χ1) is 12.6. The maximum atomic E-state index is 13.0. The van der Waals surface area contributed by atoms with Crippen LogP contribution in [-0.2, 0) is 14.3 Å². The summed E-state index contributed by atoms with van der Waals surface area (Å²) in [5.74, 6) is 0.587. The lowest BCUT2D eigenvalue weighted by Gasteiger charge is -2.35. The van der Waals surface area contributed by atoms with E-state index in [0.29, 0.717) is 12.5 Å². The molecule has 2 atom stereocenters. The van der Waals surface area contributed by atoms with Gasteiger partial charge in [0.15, 0.2) is 6.29 Å². The van der Waals surface area contributed by atoms with E-state index in [1.807, 2.05) is 4.90 Å². The summed E-state index contributed by atoms with van der Waals surface area (Å²) >= 11 is 6.47. The van der Waals surface area contributed by atoms with E-state index in [0.717, 1.165) is 71.0 Å². The molecule has 0 aromatic carbocycles. The monoisotopic (exact) mass is 389 g/mol. The van der Waals surface area contributed by atoms with Crippen molar-refractivity contribution in [3.63, 3.8) is 0 Å². The molecule has 0 saturated carbocycles. The molecule has 1 fully saturated rings. The van der Waals surface area contributed by atoms with Crippen LogP contribution in [0.25, 0.3) is 0 Å². The minimum absolute atomic E-state index is 0.0883. The average Bonchev–Trinajstić information content (AvgIpc) is 2.67. The number of ether oxygens (including phenoxy) is 2. The smallest absolute Gasteiger partial charge is 0.240 e. The predicted octanol–water partition coefficient (Wildman–Crippen LogP) is 5.37. The molecule has 26 heavy (non-hydrogen) atoms. The van der Waals surface area contributed by atoms with Crippen LogP contribution in [0.1, 0.15) is 85.5 Å². The normalized spacial score (nSPS) is 22.8. The Hall–Kier alpha value is -0.320. The second-order valence-electron chi connectivity index (χ2n) is 7.50. The van der Waals surface area contributed by atoms with Crippen molar-refractivity contribution in [2.24, 2.45) is 5.92 Å². The summed E-state index contributed by atoms with van der Waals surface area (Å²) in [6, 6.07) is 0.256. The quantitative estimate of drug-likeness (QED) is 0.314. The first-order valence-corrected chi connectivity index (χ1v) is 11.2. The molecule has 2 unspecified atom stereocenters. The third kappa shape index (κ3) is 8.14. The molecule has 1 rings (SSSR count). The van der Waals surface area contributed by atoms with Crippen LogP contribution in [0, 0.1) is 5.92 Å². The highest BCUT2D eigenvalue weighted by Crippen LogP contribution is 2.21. The van der Waals surface area contributed by atoms with Gasteiger partial charge in [0.25, 0.3) is 0 Å². The van der Waals surface area contributed by atoms with Crippen LogP contribution in [0.3, 0.4) is 0 Å². The van der Waals surface area contributed by atoms with Gasteiger partial charge in [-0.25, -0.2) is 0 Å². The molecule has 0 spiro atoms. The third-order valence-electron chi connectivity index (χ3n) is 5.36. The number of carbonyl (C=O) groups is 1. The Morgan fingerprint density at radius 1 is 1.08 bits per heavy atom. The summed E-state index contributed by atoms with van der Waals surface area (Å²) in [6.07, 6.45) is 8.71. The van der Waals surface area contributed by atoms with Gasteiger partial charge in [-0.3, -0.25) is 4.79 Å². The fraction of sp³-hybridized carbons (Fsp3) is 0.952. The number of hydrogen-bond acceptors (Lipinski definition) is 3. The largest absolute Gasteiger partial charge is 0.352 e. The summed E-state index contributed by atoms with van der Waals surface area (Å²) in [4.78, 5) is 15.0. The van der Waals surface area contributed by atoms with Crippen molar-refractivity contribution < 1.29 is 14.3 Å². The van der Waals surface area contributed by atoms with Gasteiger partial charge in [-0.2, -0.15) is 0 Å². The molecule has 5 heteroatoms. The minimum atomic E-state index is -0.412. The van der Waals surface area contributed by atoms with Crippen molar-refractivity contribution in [2.45, 2.75) is 103 Å². The van der Waals surface area contributed by atoms with E-state index in [1.165, 1.54) is 0 Å². The van der Waals surface area contributed by atoms with Gasteiger partial charge in [0.1, 0.15) is 5.38 Å². The molecule has 0 radical (unpaired) electrons. The molecule has 1 amide bonds. The zero-order valence-corrected chi connectivity index (χ0v) is 18.1. The van der Waals surface area contributed by atoms with Gasteiger partial charge in [-0.1, -0.05) is 53.4 Å². The SMILES string of the molecule is CCCCCC(Cl)C(=O)N(CCC1OCC(CC)CO1)C(CC)CCC. The molecule has 4 nitrogen and oxygen atoms in total. The van der Waals surface area contributed by atoms with Crippen LogP contribution in [0.2, 0.25) is 0 Å². The van der Waals surface area contributed by atoms with E-state index in [9.17, 15) is 4.79 Å². The Morgan fingerprint density at radius 3 is 2.31 bits per heavy atom. The number of carbonyl (C=O) groups excluding carboxylic acids is 1. The highest BCUT2D eigenvalue weighted by molar-refractivity contribution is 6.30. The van der Waals surface area contributed by atoms with Crippen molar-refractivity contribution in [1.82, 2.24) is 4.90 Å². The third-order valence-corrected chi connectivity index (χ3v) is 5.77. The molecule has 1 saturated heterocycles. The van der Waals surface area contributed by atoms with E-state index in [4.69, 9.17) is 21.1 Å². The summed E-state index contributed by atoms with van der Waals surface area (Å²) < 4.78 is 11.7. The van der Waals surface area contributed by atoms with Crippen LogP contribution in [-0.4, -0.2) is 48.3 Å². The van der Waals surface area contributed by atoms with Gasteiger partial charge in [-0.15, -0.1) is 11.6 Å². The molecule has 154 valence electrons. The van der Waals surface area contributed by atoms with Gasteiger partial charge < -0.3 is 14.4 Å². The topological polar surface area (TPSA) is 38.8 Å². The zero-order valence-electron chi connectivity index (χ0n) is 17.3. The first kappa shape index (κ1) is 23.7. The second kappa shape index (κ2) is 13.8. The maximum absolute atomic E-state index is 13.0. The highest BCUT2D eigenvalue weighted by atomic mass is 35.5. The summed E-state index contributed by atoms with van der Waals surface area (Å²) in [5, 5.41) is -0.412. The Morgan fingerprint density at radius 2 is 1.77 bits per heavy atom. The number of unbranched alkanes of at least 4 members (excludes halogenated alkanes) is 2. The summed E-state index contributed by atoms with van der Waals surface area (Å²) in [6.45, 7) is 10.8. The van der Waals surface area contributed by atoms with Crippen LogP contribution in [0.4, 0.5) is 0 Å². The van der Waals surface area contributed by atoms with Gasteiger partial charge in [-0.05, 0) is 25.7 Å². The first-order valence-electron chi connectivity index (χ1n) is 10.7. The number of rotatable bonds is 13. The van der Waals surface area contributed by atoms with E-state index < -0.39 is 5.38 Å². The Kier molecular flexibility index (Phi) is 12.6. The molecular weight excluding hydrogens is 350 g/mol. The number of halogens is 1. The lowest BCUT2D eigenvalue weighted by atomic mass is 10.0. The molecule has 1 aliphatic heterocycles. The lowest BCUT2D eigenvalue weighted by Crippen LogP contribution is -2.46. The van der Waals surface area contributed by atoms with Crippen molar-refractivity contribution >= 4 is 17.5 Å². The zero-order chi connectivity index (χ0) is 19.4. The number of hydrogen-bond donors (Lipinski definition) is 0. The molecule has 0 aromatic heterocycles. The van der Waals surface area contributed by atoms with Crippen LogP contribution < -0.4 is 0 Å². The van der Waals surface area contributed by atoms with Crippen molar-refractivity contribution in [3.8, 4) is 0 Å². The molecule has 0 N–H and O–H groups in total. The molecular formula is C21H40ClNO3. The fourth-order valence-electron chi connectivity index (χ4n) is 3.49. The van der Waals surface area contributed by atoms with Crippen LogP contribution in [0.5, 0.6) is 0 Å². The van der Waals surface area contributed by atoms with Gasteiger partial charge in [0.2, 0.25) is 5.91 Å². The molecule has 0 bridgehead atoms. The van der Waals surface area contributed by atoms with E-state index in [-0.39, 0.29) is 18.2 Å². The Bertz CT molecular complexity index is 372. The minimum Gasteiger partial charge on any atom is -0.352 e. The predicted molar refractivity (Wildman–Crippen MR) is 109 cm³/mol. The van der Waals surface area contributed by atoms with Crippen LogP contribution in [0.15, 0.2) is 0 Å². The van der Waals surface area contributed by atoms with Crippen LogP contribution >= 0.6 is 11.6 Å². The van der Waals surface area contributed by atoms with E-state index in [1.54, 1.807) is 0 Å². The van der Waals surface area contributed by atoms with Crippen molar-refractivity contribution in [1.29, 1.82) is 0 Å². The molecule has 1 heterocycles. The van der Waals surface area contributed by atoms with Crippen molar-refractivity contribution in [2.75, 3.05) is 19.8 Å². The average molecular weight is 390 g/mol. The van der Waals surface area contributed by atoms with Gasteiger partial charge in [0, 0.05) is 24.9 Å². The van der Waals surface area contributed by atoms with E-state index in [2.05, 4.69) is 27.7 Å². The number of amides is 1. The van der Waals surface area contributed by atoms with E-state index >= 15 is 0 Å². The van der Waals surface area contributed by atoms with Crippen molar-refractivity contribution in [3.05, 3.63) is 0 Å². The maximum Gasteiger partial charge on any atom is 0.240 e. The standard InChI is InChI=1S/C21H40ClNO3/c1-5-9-10-12-19(22)21(24)23(18(8-4)11-6-2)14-13-20-25-15-17(7-3)16-26-20/h17-20H,5-16H2,1-4H3. The van der Waals surface area contributed by atoms with Gasteiger partial charge in [0.05, 0.1) is 13.2 Å². The molecule has 0 aromatic rings. The second-order valence-corrected chi connectivity index (χ2v) is 8.03. The Labute approximate surface area is 165 Å².